The molecule has 0 saturated carbocycles. The number of piperazine rings is 1. The molecule has 43 heavy (non-hydrogen) atoms. The number of nitrogens with zero attached hydrogens (tertiary/aromatic N) is 4. The van der Waals surface area contributed by atoms with E-state index in [9.17, 15) is 28.3 Å². The predicted octanol–water partition coefficient (Wildman–Crippen LogP) is 3.49. The molecule has 2 aliphatic heterocycles. The molecule has 2 atom stereocenters. The molecule has 5 rings (SSSR count). The summed E-state index contributed by atoms with van der Waals surface area (Å²) in [6, 6.07) is 17.0. The summed E-state index contributed by atoms with van der Waals surface area (Å²) >= 11 is 0. The summed E-state index contributed by atoms with van der Waals surface area (Å²) in [5.74, 6) is 0.117. The number of carbonyl (C=O) groups is 3. The second kappa shape index (κ2) is 13.4. The first kappa shape index (κ1) is 31.0. The van der Waals surface area contributed by atoms with E-state index in [0.717, 1.165) is 17.7 Å². The van der Waals surface area contributed by atoms with E-state index < -0.39 is 41.7 Å². The van der Waals surface area contributed by atoms with Crippen LogP contribution in [0.5, 0.6) is 5.75 Å². The molecule has 0 aromatic heterocycles. The minimum Gasteiger partial charge on any atom is -0.508 e. The Kier molecular flexibility index (Phi) is 9.63. The highest BCUT2D eigenvalue weighted by atomic mass is 19.1. The number of hydrazine groups is 1. The number of hydrogen-bond donors (Lipinski definition) is 2. The normalized spacial score (nSPS) is 18.5. The summed E-state index contributed by atoms with van der Waals surface area (Å²) in [5, 5.41) is 15.4. The van der Waals surface area contributed by atoms with Gasteiger partial charge in [-0.15, -0.1) is 6.42 Å². The largest absolute Gasteiger partial charge is 0.508 e. The van der Waals surface area contributed by atoms with Gasteiger partial charge in [0.15, 0.2) is 0 Å². The first-order chi connectivity index (χ1) is 20.2. The number of aromatic hydroxyl groups is 1. The number of terminal acetylenes is 1. The van der Waals surface area contributed by atoms with Crippen molar-refractivity contribution < 1.29 is 28.3 Å². The summed E-state index contributed by atoms with van der Waals surface area (Å²) in [7, 11) is 0. The molecule has 2 N–H and O–H groups in total. The van der Waals surface area contributed by atoms with Gasteiger partial charge in [0.2, 0.25) is 11.8 Å². The van der Waals surface area contributed by atoms with Crippen molar-refractivity contribution in [3.05, 3.63) is 101 Å². The van der Waals surface area contributed by atoms with Crippen LogP contribution in [-0.4, -0.2) is 74.6 Å². The number of phenolic OH excluding ortho intramolecular Hbond substituents is 1. The Bertz CT molecular complexity index is 1510. The quantitative estimate of drug-likeness (QED) is 0.412. The second-order valence-electron chi connectivity index (χ2n) is 10.1. The van der Waals surface area contributed by atoms with Crippen LogP contribution >= 0.6 is 0 Å². The molecule has 11 heteroatoms. The van der Waals surface area contributed by atoms with E-state index in [0.29, 0.717) is 5.56 Å². The lowest BCUT2D eigenvalue weighted by Crippen LogP contribution is -2.76. The zero-order chi connectivity index (χ0) is 29.8. The molecule has 9 nitrogen and oxygen atoms in total. The van der Waals surface area contributed by atoms with Crippen molar-refractivity contribution >= 4 is 17.8 Å². The van der Waals surface area contributed by atoms with Gasteiger partial charge in [-0.05, 0) is 29.3 Å². The van der Waals surface area contributed by atoms with Gasteiger partial charge in [-0.25, -0.2) is 18.6 Å². The third-order valence-electron chi connectivity index (χ3n) is 7.34. The van der Waals surface area contributed by atoms with Crippen molar-refractivity contribution in [3.63, 3.8) is 0 Å². The van der Waals surface area contributed by atoms with E-state index in [4.69, 9.17) is 6.42 Å². The number of urea groups is 1. The van der Waals surface area contributed by atoms with Crippen molar-refractivity contribution in [1.82, 2.24) is 25.1 Å². The van der Waals surface area contributed by atoms with Gasteiger partial charge in [-0.1, -0.05) is 61.9 Å². The van der Waals surface area contributed by atoms with Gasteiger partial charge in [0.1, 0.15) is 29.6 Å². The third-order valence-corrected chi connectivity index (χ3v) is 7.34. The number of fused-ring (bicyclic) bond motifs is 1. The van der Waals surface area contributed by atoms with Crippen molar-refractivity contribution in [2.75, 3.05) is 19.6 Å². The Morgan fingerprint density at radius 3 is 2.42 bits per heavy atom. The average molecular weight is 590 g/mol. The Labute approximate surface area is 249 Å². The molecule has 0 radical (unpaired) electrons. The minimum atomic E-state index is -1.04. The number of rotatable bonds is 7. The zero-order valence-corrected chi connectivity index (χ0v) is 22.6. The fraction of sp³-hybridized carbons (Fsp3) is 0.281. The topological polar surface area (TPSA) is 96.4 Å². The van der Waals surface area contributed by atoms with Crippen LogP contribution < -0.4 is 5.32 Å². The summed E-state index contributed by atoms with van der Waals surface area (Å²) < 4.78 is 28.3. The molecule has 224 valence electrons. The molecule has 4 amide bonds. The van der Waals surface area contributed by atoms with Crippen molar-refractivity contribution in [3.8, 4) is 18.1 Å². The lowest BCUT2D eigenvalue weighted by Gasteiger charge is -2.55. The minimum absolute atomic E-state index is 0. The maximum absolute atomic E-state index is 14.7. The summed E-state index contributed by atoms with van der Waals surface area (Å²) in [6.45, 7) is -0.401. The molecule has 0 aliphatic carbocycles. The maximum Gasteiger partial charge on any atom is 0.334 e. The van der Waals surface area contributed by atoms with Gasteiger partial charge >= 0.3 is 6.03 Å². The van der Waals surface area contributed by atoms with Gasteiger partial charge in [0, 0.05) is 31.1 Å². The Balaban J connectivity index is 0.00000423. The van der Waals surface area contributed by atoms with Gasteiger partial charge < -0.3 is 20.2 Å². The fourth-order valence-corrected chi connectivity index (χ4v) is 5.34. The molecule has 2 heterocycles. The Morgan fingerprint density at radius 2 is 1.74 bits per heavy atom. The highest BCUT2D eigenvalue weighted by molar-refractivity contribution is 5.91. The van der Waals surface area contributed by atoms with Gasteiger partial charge in [0.05, 0.1) is 19.6 Å². The lowest BCUT2D eigenvalue weighted by molar-refractivity contribution is -0.189. The predicted molar refractivity (Wildman–Crippen MR) is 156 cm³/mol. The van der Waals surface area contributed by atoms with Crippen molar-refractivity contribution in [2.45, 2.75) is 39.1 Å². The highest BCUT2D eigenvalue weighted by Crippen LogP contribution is 2.30. The molecule has 0 spiro atoms. The third kappa shape index (κ3) is 6.76. The van der Waals surface area contributed by atoms with Crippen LogP contribution in [0.3, 0.4) is 0 Å². The van der Waals surface area contributed by atoms with Crippen LogP contribution in [0.15, 0.2) is 72.8 Å². The van der Waals surface area contributed by atoms with Gasteiger partial charge in [0.25, 0.3) is 0 Å². The van der Waals surface area contributed by atoms with E-state index in [1.807, 2.05) is 30.3 Å². The SMILES string of the molecule is C.C#CCN1CC(=O)N2[C@@H](Cc3ccc(O)cc3)C(=O)N(Cc3ccc(F)cc3F)C[C@@H]2N1C(=O)NCc1ccccc1. The van der Waals surface area contributed by atoms with E-state index in [2.05, 4.69) is 11.2 Å². The van der Waals surface area contributed by atoms with Crippen LogP contribution in [0.25, 0.3) is 0 Å². The summed E-state index contributed by atoms with van der Waals surface area (Å²) in [4.78, 5) is 43.9. The van der Waals surface area contributed by atoms with Gasteiger partial charge in [-0.2, -0.15) is 5.01 Å². The van der Waals surface area contributed by atoms with Crippen LogP contribution in [-0.2, 0) is 29.1 Å². The first-order valence-corrected chi connectivity index (χ1v) is 13.4. The van der Waals surface area contributed by atoms with Crippen LogP contribution in [0.1, 0.15) is 24.1 Å². The number of benzene rings is 3. The fourth-order valence-electron chi connectivity index (χ4n) is 5.34. The maximum atomic E-state index is 14.7. The lowest BCUT2D eigenvalue weighted by atomic mass is 9.98. The standard InChI is InChI=1S/C31H29F2N5O4.CH4/c1-2-14-36-20-29(40)37-27(15-21-8-12-25(39)13-9-21)30(41)35(18-23-10-11-24(32)16-26(23)33)19-28(37)38(36)31(42)34-17-22-6-4-3-5-7-22;/h1,3-13,16,27-28,39H,14-15,17-20H2,(H,34,42);1H4/t27-,28-;/m0./s1. The monoisotopic (exact) mass is 589 g/mol. The van der Waals surface area contributed by atoms with E-state index in [-0.39, 0.29) is 57.9 Å². The summed E-state index contributed by atoms with van der Waals surface area (Å²) in [6.07, 6.45) is 4.71. The van der Waals surface area contributed by atoms with E-state index in [1.165, 1.54) is 38.0 Å². The number of halogens is 2. The number of phenols is 1. The molecule has 3 aromatic rings. The molecular formula is C32H33F2N5O4. The molecule has 2 fully saturated rings. The molecule has 2 saturated heterocycles. The molecule has 0 bridgehead atoms. The van der Waals surface area contributed by atoms with Crippen molar-refractivity contribution in [2.24, 2.45) is 0 Å². The van der Waals surface area contributed by atoms with Crippen molar-refractivity contribution in [1.29, 1.82) is 0 Å². The average Bonchev–Trinajstić information content (AvgIpc) is 2.97. The second-order valence-corrected chi connectivity index (χ2v) is 10.1. The zero-order valence-electron chi connectivity index (χ0n) is 22.6. The number of nitrogens with one attached hydrogen (secondary N) is 1. The molecular weight excluding hydrogens is 556 g/mol. The number of carbonyl (C=O) groups excluding carboxylic acids is 3. The van der Waals surface area contributed by atoms with Crippen LogP contribution in [0.2, 0.25) is 0 Å². The first-order valence-electron chi connectivity index (χ1n) is 13.4. The highest BCUT2D eigenvalue weighted by Gasteiger charge is 2.51. The molecule has 0 unspecified atom stereocenters. The van der Waals surface area contributed by atoms with Gasteiger partial charge in [-0.3, -0.25) is 9.59 Å². The summed E-state index contributed by atoms with van der Waals surface area (Å²) in [5.41, 5.74) is 1.61. The van der Waals surface area contributed by atoms with E-state index in [1.54, 1.807) is 12.1 Å². The smallest absolute Gasteiger partial charge is 0.334 e. The molecule has 2 aliphatic rings. The Morgan fingerprint density at radius 1 is 1.02 bits per heavy atom. The van der Waals surface area contributed by atoms with Crippen LogP contribution in [0, 0.1) is 24.0 Å². The molecule has 3 aromatic carbocycles. The number of hydrogen-bond acceptors (Lipinski definition) is 5. The Hall–Kier alpha value is -4.95. The number of amides is 4. The van der Waals surface area contributed by atoms with E-state index >= 15 is 0 Å². The van der Waals surface area contributed by atoms with Crippen LogP contribution in [0.4, 0.5) is 13.6 Å².